The number of anilines is 1. The van der Waals surface area contributed by atoms with Crippen LogP contribution in [0, 0.1) is 5.41 Å². The Hall–Kier alpha value is -3.95. The molecule has 5 N–H and O–H groups in total. The van der Waals surface area contributed by atoms with Gasteiger partial charge in [0, 0.05) is 48.1 Å². The standard InChI is InChI=1S/C36H46N3O6/c1-45-32-21-25(12-13-28(43)22-27(42)11-7-5-3-2-4-6-8-19-40)20-31(34(32)44)33-29-15-18-39-35(37)30(29)14-16-36(33,24-41)23-26-10-9-17-38-26/h9-10,14-18,20-21,33,40-41,44H,2-8,11-13,19,22-24H2,1H3,(H2,37,39)/q-1/t33-,36-/m0/s1. The number of hydrogen-bond donors (Lipinski definition) is 4. The fraction of sp³-hybridized carbons (Fsp3) is 0.472. The van der Waals surface area contributed by atoms with E-state index in [0.717, 1.165) is 67.3 Å². The van der Waals surface area contributed by atoms with Crippen LogP contribution in [-0.2, 0) is 22.4 Å². The van der Waals surface area contributed by atoms with E-state index in [1.807, 2.05) is 36.4 Å². The summed E-state index contributed by atoms with van der Waals surface area (Å²) in [6.07, 6.45) is 15.3. The molecule has 0 aliphatic heterocycles. The van der Waals surface area contributed by atoms with Crippen molar-refractivity contribution in [3.05, 3.63) is 76.7 Å². The number of nitrogens with zero attached hydrogens (tertiary/aromatic N) is 2. The Labute approximate surface area is 265 Å². The number of pyridine rings is 1. The topological polar surface area (TPSA) is 157 Å². The Kier molecular flexibility index (Phi) is 12.4. The van der Waals surface area contributed by atoms with Gasteiger partial charge in [-0.1, -0.05) is 62.5 Å². The van der Waals surface area contributed by atoms with E-state index in [1.54, 1.807) is 18.5 Å². The SMILES string of the molecule is COc1cc(CCC(=O)CC(=O)CCCCCCCCCO)cc([C@@H]2c3ccnc(N)c3C=C[C@@]2(CO)Cc2ccc[n-]2)c1O. The van der Waals surface area contributed by atoms with Gasteiger partial charge >= 0.3 is 0 Å². The van der Waals surface area contributed by atoms with E-state index >= 15 is 0 Å². The fourth-order valence-corrected chi connectivity index (χ4v) is 6.42. The number of ether oxygens (including phenoxy) is 1. The van der Waals surface area contributed by atoms with Crippen molar-refractivity contribution in [2.45, 2.75) is 83.0 Å². The highest BCUT2D eigenvalue weighted by molar-refractivity contribution is 5.99. The van der Waals surface area contributed by atoms with E-state index in [0.29, 0.717) is 30.6 Å². The summed E-state index contributed by atoms with van der Waals surface area (Å²) in [4.78, 5) is 34.0. The average molecular weight is 617 g/mol. The number of unbranched alkanes of at least 4 members (excludes halogenated alkanes) is 6. The lowest BCUT2D eigenvalue weighted by atomic mass is 9.63. The molecular weight excluding hydrogens is 570 g/mol. The van der Waals surface area contributed by atoms with Crippen molar-refractivity contribution in [1.29, 1.82) is 0 Å². The number of benzene rings is 1. The Morgan fingerprint density at radius 3 is 2.42 bits per heavy atom. The van der Waals surface area contributed by atoms with Crippen LogP contribution in [0.2, 0.25) is 0 Å². The second-order valence-corrected chi connectivity index (χ2v) is 12.1. The molecule has 0 fully saturated rings. The third-order valence-corrected chi connectivity index (χ3v) is 8.84. The number of carbonyl (C=O) groups excluding carboxylic acids is 2. The summed E-state index contributed by atoms with van der Waals surface area (Å²) in [6, 6.07) is 9.19. The summed E-state index contributed by atoms with van der Waals surface area (Å²) < 4.78 is 5.57. The molecule has 45 heavy (non-hydrogen) atoms. The number of aliphatic hydroxyl groups is 2. The first kappa shape index (κ1) is 33.9. The van der Waals surface area contributed by atoms with E-state index in [1.165, 1.54) is 7.11 Å². The first-order valence-corrected chi connectivity index (χ1v) is 16.0. The van der Waals surface area contributed by atoms with E-state index in [2.05, 4.69) is 9.97 Å². The van der Waals surface area contributed by atoms with Gasteiger partial charge in [0.15, 0.2) is 11.5 Å². The van der Waals surface area contributed by atoms with Crippen molar-refractivity contribution < 1.29 is 29.6 Å². The van der Waals surface area contributed by atoms with Crippen LogP contribution >= 0.6 is 0 Å². The normalized spacial score (nSPS) is 17.3. The number of methoxy groups -OCH3 is 1. The lowest BCUT2D eigenvalue weighted by Crippen LogP contribution is -2.37. The molecule has 0 amide bonds. The first-order chi connectivity index (χ1) is 21.8. The third kappa shape index (κ3) is 8.61. The summed E-state index contributed by atoms with van der Waals surface area (Å²) in [5.74, 6) is -0.109. The molecule has 9 nitrogen and oxygen atoms in total. The monoisotopic (exact) mass is 616 g/mol. The minimum Gasteiger partial charge on any atom is -0.668 e. The summed E-state index contributed by atoms with van der Waals surface area (Å²) >= 11 is 0. The Morgan fingerprint density at radius 1 is 1.00 bits per heavy atom. The first-order valence-electron chi connectivity index (χ1n) is 16.0. The molecule has 1 aliphatic rings. The van der Waals surface area contributed by atoms with Gasteiger partial charge in [-0.3, -0.25) is 9.59 Å². The molecule has 2 aromatic heterocycles. The summed E-state index contributed by atoms with van der Waals surface area (Å²) in [7, 11) is 1.48. The van der Waals surface area contributed by atoms with Gasteiger partial charge in [-0.15, -0.1) is 0 Å². The molecule has 2 atom stereocenters. The van der Waals surface area contributed by atoms with Crippen LogP contribution in [-0.4, -0.2) is 52.2 Å². The highest BCUT2D eigenvalue weighted by atomic mass is 16.5. The van der Waals surface area contributed by atoms with E-state index in [-0.39, 0.29) is 49.1 Å². The van der Waals surface area contributed by atoms with Crippen molar-refractivity contribution in [3.8, 4) is 11.5 Å². The predicted octanol–water partition coefficient (Wildman–Crippen LogP) is 5.29. The van der Waals surface area contributed by atoms with Crippen LogP contribution < -0.4 is 15.5 Å². The largest absolute Gasteiger partial charge is 0.668 e. The molecule has 3 aromatic rings. The second kappa shape index (κ2) is 16.4. The van der Waals surface area contributed by atoms with E-state index < -0.39 is 11.3 Å². The zero-order valence-electron chi connectivity index (χ0n) is 26.2. The van der Waals surface area contributed by atoms with Gasteiger partial charge in [0.1, 0.15) is 17.4 Å². The minimum atomic E-state index is -0.856. The number of phenols is 1. The van der Waals surface area contributed by atoms with Crippen molar-refractivity contribution >= 4 is 23.5 Å². The number of hydrogen-bond acceptors (Lipinski definition) is 8. The molecular formula is C36H46N3O6-. The molecule has 0 radical (unpaired) electrons. The minimum absolute atomic E-state index is 0.0325. The highest BCUT2D eigenvalue weighted by Gasteiger charge is 2.43. The zero-order valence-corrected chi connectivity index (χ0v) is 26.2. The van der Waals surface area contributed by atoms with Crippen LogP contribution in [0.1, 0.15) is 98.1 Å². The molecule has 0 saturated heterocycles. The number of Topliss-reactive ketones (excluding diaryl/α,β-unsaturated/α-hetero) is 2. The van der Waals surface area contributed by atoms with Gasteiger partial charge in [0.2, 0.25) is 0 Å². The average Bonchev–Trinajstić information content (AvgIpc) is 3.55. The maximum atomic E-state index is 12.8. The molecule has 0 saturated carbocycles. The van der Waals surface area contributed by atoms with E-state index in [4.69, 9.17) is 15.6 Å². The molecule has 4 rings (SSSR count). The van der Waals surface area contributed by atoms with Gasteiger partial charge in [0.25, 0.3) is 0 Å². The number of carbonyl (C=O) groups is 2. The third-order valence-electron chi connectivity index (χ3n) is 8.84. The van der Waals surface area contributed by atoms with Gasteiger partial charge in [-0.25, -0.2) is 4.98 Å². The van der Waals surface area contributed by atoms with E-state index in [9.17, 15) is 19.8 Å². The number of aliphatic hydroxyl groups excluding tert-OH is 2. The molecule has 0 bridgehead atoms. The van der Waals surface area contributed by atoms with Gasteiger partial charge < -0.3 is 30.8 Å². The molecule has 0 spiro atoms. The summed E-state index contributed by atoms with van der Waals surface area (Å²) in [5, 5.41) is 31.2. The lowest BCUT2D eigenvalue weighted by Gasteiger charge is -2.42. The van der Waals surface area contributed by atoms with Crippen LogP contribution in [0.15, 0.2) is 48.8 Å². The highest BCUT2D eigenvalue weighted by Crippen LogP contribution is 2.53. The number of aromatic nitrogens is 2. The van der Waals surface area contributed by atoms with Gasteiger partial charge in [-0.05, 0) is 48.9 Å². The van der Waals surface area contributed by atoms with Crippen molar-refractivity contribution in [3.63, 3.8) is 0 Å². The Balaban J connectivity index is 1.50. The number of rotatable bonds is 19. The van der Waals surface area contributed by atoms with Crippen LogP contribution in [0.3, 0.4) is 0 Å². The molecule has 2 heterocycles. The van der Waals surface area contributed by atoms with Gasteiger partial charge in [0.05, 0.1) is 20.1 Å². The molecule has 9 heteroatoms. The number of aromatic hydroxyl groups is 1. The number of ketones is 2. The van der Waals surface area contributed by atoms with Crippen LogP contribution in [0.25, 0.3) is 6.08 Å². The number of fused-ring (bicyclic) bond motifs is 1. The molecule has 242 valence electrons. The maximum Gasteiger partial charge on any atom is 0.161 e. The number of nitrogens with two attached hydrogens (primary N) is 1. The predicted molar refractivity (Wildman–Crippen MR) is 174 cm³/mol. The number of phenolic OH excluding ortho intramolecular Hbond substituents is 1. The van der Waals surface area contributed by atoms with Gasteiger partial charge in [-0.2, -0.15) is 11.9 Å². The van der Waals surface area contributed by atoms with Crippen LogP contribution in [0.5, 0.6) is 11.5 Å². The van der Waals surface area contributed by atoms with Crippen molar-refractivity contribution in [1.82, 2.24) is 9.97 Å². The quantitative estimate of drug-likeness (QED) is 0.104. The number of aryl methyl sites for hydroxylation is 1. The summed E-state index contributed by atoms with van der Waals surface area (Å²) in [6.45, 7) is 0.0149. The Morgan fingerprint density at radius 2 is 1.73 bits per heavy atom. The Bertz CT molecular complexity index is 1450. The van der Waals surface area contributed by atoms with Crippen LogP contribution in [0.4, 0.5) is 5.82 Å². The zero-order chi connectivity index (χ0) is 32.2. The van der Waals surface area contributed by atoms with Crippen molar-refractivity contribution in [2.75, 3.05) is 26.1 Å². The lowest BCUT2D eigenvalue weighted by molar-refractivity contribution is -0.127. The second-order valence-electron chi connectivity index (χ2n) is 12.1. The summed E-state index contributed by atoms with van der Waals surface area (Å²) in [5.41, 5.74) is 9.07. The fourth-order valence-electron chi connectivity index (χ4n) is 6.42. The van der Waals surface area contributed by atoms with Crippen molar-refractivity contribution in [2.24, 2.45) is 5.41 Å². The smallest absolute Gasteiger partial charge is 0.161 e. The molecule has 1 aliphatic carbocycles. The molecule has 1 aromatic carbocycles. The molecule has 0 unspecified atom stereocenters. The maximum absolute atomic E-state index is 12.8. The number of nitrogen functional groups attached to an aromatic ring is 1.